The summed E-state index contributed by atoms with van der Waals surface area (Å²) in [6, 6.07) is 6.40. The molecule has 1 heterocycles. The minimum atomic E-state index is 0.148. The normalized spacial score (nSPS) is 10.5. The van der Waals surface area contributed by atoms with Crippen molar-refractivity contribution in [1.29, 1.82) is 0 Å². The third kappa shape index (κ3) is 3.64. The molecule has 0 N–H and O–H groups in total. The third-order valence-electron chi connectivity index (χ3n) is 2.50. The number of nitrogens with zero attached hydrogens (tertiary/aromatic N) is 3. The van der Waals surface area contributed by atoms with Gasteiger partial charge < -0.3 is 4.74 Å². The van der Waals surface area contributed by atoms with Gasteiger partial charge in [0, 0.05) is 5.56 Å². The predicted molar refractivity (Wildman–Crippen MR) is 75.5 cm³/mol. The van der Waals surface area contributed by atoms with E-state index in [1.165, 1.54) is 0 Å². The molecular weight excluding hydrogens is 262 g/mol. The van der Waals surface area contributed by atoms with E-state index in [-0.39, 0.29) is 11.3 Å². The summed E-state index contributed by atoms with van der Waals surface area (Å²) in [4.78, 5) is 12.4. The van der Waals surface area contributed by atoms with Gasteiger partial charge in [-0.05, 0) is 44.0 Å². The monoisotopic (exact) mass is 277 g/mol. The van der Waals surface area contributed by atoms with Gasteiger partial charge in [0.05, 0.1) is 6.61 Å². The summed E-state index contributed by atoms with van der Waals surface area (Å²) in [5.74, 6) is 0.540. The van der Waals surface area contributed by atoms with Gasteiger partial charge in [0.15, 0.2) is 5.82 Å². The summed E-state index contributed by atoms with van der Waals surface area (Å²) in [6.07, 6.45) is 0.891. The molecule has 0 aliphatic heterocycles. The molecule has 100 valence electrons. The number of aryl methyl sites for hydroxylation is 2. The smallest absolute Gasteiger partial charge is 0.321 e. The van der Waals surface area contributed by atoms with Crippen LogP contribution >= 0.6 is 11.6 Å². The van der Waals surface area contributed by atoms with Crippen molar-refractivity contribution < 1.29 is 4.74 Å². The van der Waals surface area contributed by atoms with E-state index in [9.17, 15) is 0 Å². The maximum Gasteiger partial charge on any atom is 0.321 e. The second-order valence-corrected chi connectivity index (χ2v) is 4.77. The Morgan fingerprint density at radius 1 is 1.05 bits per heavy atom. The molecule has 0 unspecified atom stereocenters. The summed E-state index contributed by atoms with van der Waals surface area (Å²) in [5.41, 5.74) is 3.23. The molecule has 2 rings (SSSR count). The van der Waals surface area contributed by atoms with E-state index in [2.05, 4.69) is 21.0 Å². The molecule has 0 aliphatic rings. The van der Waals surface area contributed by atoms with E-state index >= 15 is 0 Å². The lowest BCUT2D eigenvalue weighted by Gasteiger charge is -2.07. The Morgan fingerprint density at radius 2 is 1.74 bits per heavy atom. The highest BCUT2D eigenvalue weighted by atomic mass is 35.5. The van der Waals surface area contributed by atoms with Gasteiger partial charge in [0.2, 0.25) is 5.28 Å². The number of aromatic nitrogens is 3. The summed E-state index contributed by atoms with van der Waals surface area (Å²) < 4.78 is 5.41. The average Bonchev–Trinajstić information content (AvgIpc) is 2.34. The van der Waals surface area contributed by atoms with Crippen molar-refractivity contribution in [2.24, 2.45) is 0 Å². The average molecular weight is 278 g/mol. The third-order valence-corrected chi connectivity index (χ3v) is 2.67. The fourth-order valence-corrected chi connectivity index (χ4v) is 1.98. The SMILES string of the molecule is CCCOc1nc(Cl)nc(-c2cc(C)cc(C)c2)n1. The lowest BCUT2D eigenvalue weighted by atomic mass is 10.1. The zero-order chi connectivity index (χ0) is 13.8. The van der Waals surface area contributed by atoms with E-state index in [0.29, 0.717) is 12.4 Å². The number of halogens is 1. The molecule has 0 amide bonds. The maximum atomic E-state index is 5.92. The number of hydrogen-bond acceptors (Lipinski definition) is 4. The first-order chi connectivity index (χ1) is 9.08. The zero-order valence-electron chi connectivity index (χ0n) is 11.3. The Bertz CT molecular complexity index is 567. The number of ether oxygens (including phenoxy) is 1. The lowest BCUT2D eigenvalue weighted by Crippen LogP contribution is -2.03. The van der Waals surface area contributed by atoms with Gasteiger partial charge in [-0.1, -0.05) is 24.1 Å². The summed E-state index contributed by atoms with van der Waals surface area (Å²) in [6.45, 7) is 6.65. The first-order valence-electron chi connectivity index (χ1n) is 6.21. The van der Waals surface area contributed by atoms with Crippen molar-refractivity contribution >= 4 is 11.6 Å². The standard InChI is InChI=1S/C14H16ClN3O/c1-4-5-19-14-17-12(16-13(15)18-14)11-7-9(2)6-10(3)8-11/h6-8H,4-5H2,1-3H3. The summed E-state index contributed by atoms with van der Waals surface area (Å²) >= 11 is 5.92. The number of hydrogen-bond donors (Lipinski definition) is 0. The molecule has 2 aromatic rings. The van der Waals surface area contributed by atoms with Crippen molar-refractivity contribution in [1.82, 2.24) is 15.0 Å². The van der Waals surface area contributed by atoms with Gasteiger partial charge >= 0.3 is 6.01 Å². The molecule has 1 aromatic carbocycles. The highest BCUT2D eigenvalue weighted by Crippen LogP contribution is 2.21. The fraction of sp³-hybridized carbons (Fsp3) is 0.357. The Balaban J connectivity index is 2.40. The van der Waals surface area contributed by atoms with Crippen LogP contribution in [0.25, 0.3) is 11.4 Å². The quantitative estimate of drug-likeness (QED) is 0.857. The Labute approximate surface area is 117 Å². The van der Waals surface area contributed by atoms with Crippen LogP contribution in [0.4, 0.5) is 0 Å². The van der Waals surface area contributed by atoms with Crippen LogP contribution in [0.15, 0.2) is 18.2 Å². The molecule has 0 atom stereocenters. The fourth-order valence-electron chi connectivity index (χ4n) is 1.82. The van der Waals surface area contributed by atoms with E-state index in [0.717, 1.165) is 23.1 Å². The molecule has 0 aliphatic carbocycles. The minimum absolute atomic E-state index is 0.148. The number of rotatable bonds is 4. The molecule has 5 heteroatoms. The molecule has 0 spiro atoms. The Hall–Kier alpha value is -1.68. The van der Waals surface area contributed by atoms with Crippen molar-refractivity contribution in [3.63, 3.8) is 0 Å². The van der Waals surface area contributed by atoms with Crippen molar-refractivity contribution in [2.75, 3.05) is 6.61 Å². The molecular formula is C14H16ClN3O. The van der Waals surface area contributed by atoms with Gasteiger partial charge in [-0.2, -0.15) is 15.0 Å². The van der Waals surface area contributed by atoms with Gasteiger partial charge in [0.25, 0.3) is 0 Å². The van der Waals surface area contributed by atoms with E-state index in [1.807, 2.05) is 32.9 Å². The molecule has 0 fully saturated rings. The van der Waals surface area contributed by atoms with E-state index < -0.39 is 0 Å². The topological polar surface area (TPSA) is 47.9 Å². The largest absolute Gasteiger partial charge is 0.463 e. The van der Waals surface area contributed by atoms with Crippen LogP contribution < -0.4 is 4.74 Å². The Morgan fingerprint density at radius 3 is 2.37 bits per heavy atom. The van der Waals surface area contributed by atoms with Crippen LogP contribution in [0.3, 0.4) is 0 Å². The van der Waals surface area contributed by atoms with E-state index in [4.69, 9.17) is 16.3 Å². The van der Waals surface area contributed by atoms with Crippen LogP contribution in [0.2, 0.25) is 5.28 Å². The molecule has 4 nitrogen and oxygen atoms in total. The molecule has 0 radical (unpaired) electrons. The highest BCUT2D eigenvalue weighted by Gasteiger charge is 2.09. The molecule has 0 saturated heterocycles. The van der Waals surface area contributed by atoms with Crippen LogP contribution in [0.5, 0.6) is 6.01 Å². The second kappa shape index (κ2) is 5.97. The zero-order valence-corrected chi connectivity index (χ0v) is 12.0. The van der Waals surface area contributed by atoms with Crippen LogP contribution in [-0.2, 0) is 0 Å². The van der Waals surface area contributed by atoms with Crippen LogP contribution in [0.1, 0.15) is 24.5 Å². The molecule has 19 heavy (non-hydrogen) atoms. The lowest BCUT2D eigenvalue weighted by molar-refractivity contribution is 0.291. The highest BCUT2D eigenvalue weighted by molar-refractivity contribution is 6.28. The van der Waals surface area contributed by atoms with Gasteiger partial charge in [-0.3, -0.25) is 0 Å². The molecule has 0 saturated carbocycles. The van der Waals surface area contributed by atoms with Crippen LogP contribution in [-0.4, -0.2) is 21.6 Å². The minimum Gasteiger partial charge on any atom is -0.463 e. The van der Waals surface area contributed by atoms with Gasteiger partial charge in [0.1, 0.15) is 0 Å². The summed E-state index contributed by atoms with van der Waals surface area (Å²) in [7, 11) is 0. The van der Waals surface area contributed by atoms with Crippen molar-refractivity contribution in [3.05, 3.63) is 34.6 Å². The number of benzene rings is 1. The van der Waals surface area contributed by atoms with E-state index in [1.54, 1.807) is 0 Å². The van der Waals surface area contributed by atoms with Gasteiger partial charge in [-0.15, -0.1) is 0 Å². The Kier molecular flexibility index (Phi) is 4.32. The molecule has 1 aromatic heterocycles. The summed E-state index contributed by atoms with van der Waals surface area (Å²) in [5, 5.41) is 0.148. The second-order valence-electron chi connectivity index (χ2n) is 4.44. The van der Waals surface area contributed by atoms with Crippen molar-refractivity contribution in [2.45, 2.75) is 27.2 Å². The first kappa shape index (κ1) is 13.7. The molecule has 0 bridgehead atoms. The maximum absolute atomic E-state index is 5.92. The van der Waals surface area contributed by atoms with Gasteiger partial charge in [-0.25, -0.2) is 0 Å². The van der Waals surface area contributed by atoms with Crippen LogP contribution in [0, 0.1) is 13.8 Å². The first-order valence-corrected chi connectivity index (χ1v) is 6.59. The predicted octanol–water partition coefficient (Wildman–Crippen LogP) is 3.60. The van der Waals surface area contributed by atoms with Crippen molar-refractivity contribution in [3.8, 4) is 17.4 Å².